The Balaban J connectivity index is 1.43. The van der Waals surface area contributed by atoms with Gasteiger partial charge in [0.15, 0.2) is 5.82 Å². The van der Waals surface area contributed by atoms with E-state index in [1.807, 2.05) is 0 Å². The van der Waals surface area contributed by atoms with Crippen molar-refractivity contribution in [1.82, 2.24) is 10.6 Å². The number of rotatable bonds is 5. The van der Waals surface area contributed by atoms with Crippen LogP contribution in [0.3, 0.4) is 0 Å². The number of halogens is 1. The molecule has 0 aliphatic carbocycles. The topological polar surface area (TPSA) is 95.2 Å². The number of hydrogen-bond donors (Lipinski definition) is 2. The monoisotopic (exact) mass is 360 g/mol. The molecule has 2 aliphatic heterocycles. The van der Waals surface area contributed by atoms with E-state index in [2.05, 4.69) is 21.0 Å². The van der Waals surface area contributed by atoms with Gasteiger partial charge in [0.2, 0.25) is 0 Å². The molecule has 1 amide bonds. The third-order valence-electron chi connectivity index (χ3n) is 4.13. The fourth-order valence-corrected chi connectivity index (χ4v) is 2.84. The van der Waals surface area contributed by atoms with Crippen molar-refractivity contribution in [3.8, 4) is 0 Å². The Labute approximate surface area is 148 Å². The highest BCUT2D eigenvalue weighted by Gasteiger charge is 2.32. The summed E-state index contributed by atoms with van der Waals surface area (Å²) in [6.07, 6.45) is 2.11. The van der Waals surface area contributed by atoms with E-state index in [9.17, 15) is 9.18 Å². The summed E-state index contributed by atoms with van der Waals surface area (Å²) in [6, 6.07) is 6.33. The molecule has 1 atom stereocenters. The lowest BCUT2D eigenvalue weighted by molar-refractivity contribution is 0.147. The molecule has 136 valence electrons. The van der Waals surface area contributed by atoms with Gasteiger partial charge in [-0.2, -0.15) is 5.10 Å². The number of aromatic nitrogens is 1. The van der Waals surface area contributed by atoms with Gasteiger partial charge in [-0.15, -0.1) is 0 Å². The van der Waals surface area contributed by atoms with Crippen LogP contribution in [0.1, 0.15) is 0 Å². The summed E-state index contributed by atoms with van der Waals surface area (Å²) in [7, 11) is 0. The van der Waals surface area contributed by atoms with Gasteiger partial charge >= 0.3 is 6.09 Å². The lowest BCUT2D eigenvalue weighted by atomic mass is 10.2. The van der Waals surface area contributed by atoms with E-state index in [0.29, 0.717) is 43.4 Å². The van der Waals surface area contributed by atoms with Crippen molar-refractivity contribution in [2.75, 3.05) is 41.3 Å². The molecule has 10 heteroatoms. The standard InChI is InChI=1S/C16H17FN6O3/c17-13-7-11(1-2-14(13)22-5-4-19-20-10-22)23-9-12(26-16(23)24)8-18-15-3-6-25-21-15/h1-3,6-7,10,12,19H,4-5,8-9H2,(H,18,21). The van der Waals surface area contributed by atoms with E-state index in [4.69, 9.17) is 9.26 Å². The molecule has 1 unspecified atom stereocenters. The summed E-state index contributed by atoms with van der Waals surface area (Å²) in [6.45, 7) is 1.95. The number of nitrogens with zero attached hydrogens (tertiary/aromatic N) is 4. The quantitative estimate of drug-likeness (QED) is 0.836. The third kappa shape index (κ3) is 3.25. The molecule has 3 heterocycles. The smallest absolute Gasteiger partial charge is 0.414 e. The van der Waals surface area contributed by atoms with Gasteiger partial charge in [-0.05, 0) is 18.2 Å². The SMILES string of the molecule is O=C1OC(CNc2ccon2)CN1c1ccc(N2C=NNCC2)c(F)c1. The van der Waals surface area contributed by atoms with Crippen LogP contribution in [-0.4, -0.2) is 49.9 Å². The van der Waals surface area contributed by atoms with Crippen molar-refractivity contribution < 1.29 is 18.4 Å². The molecule has 26 heavy (non-hydrogen) atoms. The highest BCUT2D eigenvalue weighted by Crippen LogP contribution is 2.27. The Morgan fingerprint density at radius 2 is 2.31 bits per heavy atom. The van der Waals surface area contributed by atoms with E-state index in [1.165, 1.54) is 23.6 Å². The Morgan fingerprint density at radius 1 is 1.38 bits per heavy atom. The second-order valence-electron chi connectivity index (χ2n) is 5.86. The third-order valence-corrected chi connectivity index (χ3v) is 4.13. The molecule has 2 aromatic rings. The van der Waals surface area contributed by atoms with Crippen LogP contribution in [0.25, 0.3) is 0 Å². The van der Waals surface area contributed by atoms with Crippen LogP contribution in [0.2, 0.25) is 0 Å². The first-order chi connectivity index (χ1) is 12.7. The Morgan fingerprint density at radius 3 is 3.04 bits per heavy atom. The summed E-state index contributed by atoms with van der Waals surface area (Å²) < 4.78 is 24.6. The molecule has 2 aliphatic rings. The Hall–Kier alpha value is -3.30. The lowest BCUT2D eigenvalue weighted by Gasteiger charge is -2.24. The zero-order valence-electron chi connectivity index (χ0n) is 13.8. The van der Waals surface area contributed by atoms with Crippen LogP contribution in [0.15, 0.2) is 40.2 Å². The Bertz CT molecular complexity index is 812. The second kappa shape index (κ2) is 6.90. The molecule has 9 nitrogen and oxygen atoms in total. The van der Waals surface area contributed by atoms with Crippen molar-refractivity contribution >= 4 is 29.6 Å². The van der Waals surface area contributed by atoms with E-state index < -0.39 is 11.9 Å². The van der Waals surface area contributed by atoms with Gasteiger partial charge < -0.3 is 24.9 Å². The van der Waals surface area contributed by atoms with Gasteiger partial charge in [-0.3, -0.25) is 4.90 Å². The maximum absolute atomic E-state index is 14.5. The molecule has 1 saturated heterocycles. The first kappa shape index (κ1) is 16.2. The first-order valence-electron chi connectivity index (χ1n) is 8.15. The molecule has 1 aromatic heterocycles. The van der Waals surface area contributed by atoms with E-state index in [-0.39, 0.29) is 6.10 Å². The van der Waals surface area contributed by atoms with E-state index in [1.54, 1.807) is 23.1 Å². The predicted molar refractivity (Wildman–Crippen MR) is 92.8 cm³/mol. The Kier molecular flexibility index (Phi) is 4.30. The zero-order chi connectivity index (χ0) is 17.9. The summed E-state index contributed by atoms with van der Waals surface area (Å²) in [4.78, 5) is 15.2. The normalized spacial score (nSPS) is 19.4. The van der Waals surface area contributed by atoms with Crippen molar-refractivity contribution in [3.63, 3.8) is 0 Å². The second-order valence-corrected chi connectivity index (χ2v) is 5.86. The maximum Gasteiger partial charge on any atom is 0.414 e. The molecule has 4 rings (SSSR count). The molecular weight excluding hydrogens is 343 g/mol. The van der Waals surface area contributed by atoms with Crippen LogP contribution in [0.5, 0.6) is 0 Å². The van der Waals surface area contributed by atoms with Gasteiger partial charge in [-0.25, -0.2) is 9.18 Å². The minimum Gasteiger partial charge on any atom is -0.442 e. The van der Waals surface area contributed by atoms with Gasteiger partial charge in [0.05, 0.1) is 31.0 Å². The van der Waals surface area contributed by atoms with Gasteiger partial charge in [0.1, 0.15) is 24.5 Å². The molecule has 2 N–H and O–H groups in total. The molecule has 1 fully saturated rings. The van der Waals surface area contributed by atoms with Gasteiger partial charge in [0.25, 0.3) is 0 Å². The maximum atomic E-state index is 14.5. The molecule has 0 saturated carbocycles. The van der Waals surface area contributed by atoms with E-state index >= 15 is 0 Å². The zero-order valence-corrected chi connectivity index (χ0v) is 13.8. The molecule has 0 spiro atoms. The fraction of sp³-hybridized carbons (Fsp3) is 0.312. The average molecular weight is 360 g/mol. The highest BCUT2D eigenvalue weighted by atomic mass is 19.1. The predicted octanol–water partition coefficient (Wildman–Crippen LogP) is 1.60. The van der Waals surface area contributed by atoms with Crippen molar-refractivity contribution in [2.24, 2.45) is 5.10 Å². The molecule has 0 radical (unpaired) electrons. The van der Waals surface area contributed by atoms with Crippen LogP contribution < -0.4 is 20.5 Å². The van der Waals surface area contributed by atoms with E-state index in [0.717, 1.165) is 0 Å². The summed E-state index contributed by atoms with van der Waals surface area (Å²) >= 11 is 0. The van der Waals surface area contributed by atoms with Gasteiger partial charge in [-0.1, -0.05) is 5.16 Å². The lowest BCUT2D eigenvalue weighted by Crippen LogP contribution is -2.35. The summed E-state index contributed by atoms with van der Waals surface area (Å²) in [5.41, 5.74) is 3.68. The van der Waals surface area contributed by atoms with Crippen molar-refractivity contribution in [3.05, 3.63) is 36.3 Å². The molecule has 0 bridgehead atoms. The summed E-state index contributed by atoms with van der Waals surface area (Å²) in [5.74, 6) is 0.139. The highest BCUT2D eigenvalue weighted by molar-refractivity contribution is 5.90. The van der Waals surface area contributed by atoms with Crippen LogP contribution in [-0.2, 0) is 4.74 Å². The number of ether oxygens (including phenoxy) is 1. The summed E-state index contributed by atoms with van der Waals surface area (Å²) in [5, 5.41) is 10.7. The first-order valence-corrected chi connectivity index (χ1v) is 8.15. The average Bonchev–Trinajstić information content (AvgIpc) is 3.30. The van der Waals surface area contributed by atoms with Crippen LogP contribution in [0, 0.1) is 5.82 Å². The number of hydrazone groups is 1. The number of hydrogen-bond acceptors (Lipinski definition) is 8. The number of cyclic esters (lactones) is 1. The largest absolute Gasteiger partial charge is 0.442 e. The van der Waals surface area contributed by atoms with Crippen LogP contribution in [0.4, 0.5) is 26.4 Å². The van der Waals surface area contributed by atoms with Gasteiger partial charge in [0, 0.05) is 12.6 Å². The molecule has 1 aromatic carbocycles. The molecular formula is C16H17FN6O3. The van der Waals surface area contributed by atoms with Crippen molar-refractivity contribution in [1.29, 1.82) is 0 Å². The number of nitrogens with one attached hydrogen (secondary N) is 2. The van der Waals surface area contributed by atoms with Crippen molar-refractivity contribution in [2.45, 2.75) is 6.10 Å². The minimum atomic E-state index is -0.507. The fourth-order valence-electron chi connectivity index (χ4n) is 2.84. The number of carbonyl (C=O) groups excluding carboxylic acids is 1. The van der Waals surface area contributed by atoms with Crippen LogP contribution >= 0.6 is 0 Å². The number of carbonyl (C=O) groups is 1. The number of anilines is 3. The number of benzene rings is 1. The number of amides is 1. The minimum absolute atomic E-state index is 0.317.